The summed E-state index contributed by atoms with van der Waals surface area (Å²) in [4.78, 5) is 0. The second-order valence-corrected chi connectivity index (χ2v) is 4.94. The van der Waals surface area contributed by atoms with Crippen LogP contribution in [0.25, 0.3) is 0 Å². The number of hydrogen-bond donors (Lipinski definition) is 1. The first kappa shape index (κ1) is 14.6. The Labute approximate surface area is 111 Å². The van der Waals surface area contributed by atoms with Gasteiger partial charge in [-0.2, -0.15) is 5.26 Å². The Hall–Kier alpha value is -1.49. The zero-order valence-corrected chi connectivity index (χ0v) is 11.6. The molecule has 18 heavy (non-hydrogen) atoms. The van der Waals surface area contributed by atoms with Gasteiger partial charge in [0.15, 0.2) is 0 Å². The maximum Gasteiger partial charge on any atom is 0.0992 e. The van der Waals surface area contributed by atoms with Crippen LogP contribution in [0, 0.1) is 11.3 Å². The van der Waals surface area contributed by atoms with E-state index in [0.717, 1.165) is 11.3 Å². The van der Waals surface area contributed by atoms with E-state index in [4.69, 9.17) is 5.26 Å². The molecule has 0 aliphatic carbocycles. The summed E-state index contributed by atoms with van der Waals surface area (Å²) in [5.74, 6) is 0. The number of hydrogen-bond acceptors (Lipinski definition) is 2. The summed E-state index contributed by atoms with van der Waals surface area (Å²) in [5.41, 5.74) is 1.77. The Morgan fingerprint density at radius 3 is 2.72 bits per heavy atom. The predicted molar refractivity (Wildman–Crippen MR) is 77.6 cm³/mol. The molecule has 1 rings (SSSR count). The van der Waals surface area contributed by atoms with Gasteiger partial charge in [0.25, 0.3) is 0 Å². The molecule has 0 radical (unpaired) electrons. The molecule has 98 valence electrons. The molecule has 0 saturated carbocycles. The van der Waals surface area contributed by atoms with Crippen molar-refractivity contribution in [1.82, 2.24) is 0 Å². The van der Waals surface area contributed by atoms with Crippen molar-refractivity contribution in [2.75, 3.05) is 5.32 Å². The molecule has 0 aromatic heterocycles. The average Bonchev–Trinajstić information content (AvgIpc) is 2.38. The van der Waals surface area contributed by atoms with E-state index >= 15 is 0 Å². The first-order chi connectivity index (χ1) is 8.76. The van der Waals surface area contributed by atoms with Crippen LogP contribution in [-0.2, 0) is 0 Å². The number of anilines is 1. The van der Waals surface area contributed by atoms with Gasteiger partial charge in [-0.05, 0) is 31.5 Å². The molecule has 0 saturated heterocycles. The molecule has 1 atom stereocenters. The van der Waals surface area contributed by atoms with E-state index in [-0.39, 0.29) is 0 Å². The molecule has 1 aromatic carbocycles. The van der Waals surface area contributed by atoms with E-state index in [0.29, 0.717) is 6.04 Å². The van der Waals surface area contributed by atoms with Gasteiger partial charge in [0.1, 0.15) is 0 Å². The van der Waals surface area contributed by atoms with Crippen molar-refractivity contribution >= 4 is 5.69 Å². The second-order valence-electron chi connectivity index (χ2n) is 4.94. The number of unbranched alkanes of at least 4 members (excludes halogenated alkanes) is 4. The van der Waals surface area contributed by atoms with Gasteiger partial charge in [-0.3, -0.25) is 0 Å². The van der Waals surface area contributed by atoms with Crippen LogP contribution in [0.1, 0.15) is 57.9 Å². The molecule has 0 bridgehead atoms. The third-order valence-corrected chi connectivity index (χ3v) is 3.15. The molecule has 0 aliphatic rings. The van der Waals surface area contributed by atoms with Gasteiger partial charge in [-0.15, -0.1) is 0 Å². The number of benzene rings is 1. The number of nitrogens with zero attached hydrogens (tertiary/aromatic N) is 1. The highest BCUT2D eigenvalue weighted by atomic mass is 14.9. The molecule has 0 fully saturated rings. The average molecular weight is 244 g/mol. The van der Waals surface area contributed by atoms with E-state index < -0.39 is 0 Å². The molecule has 1 N–H and O–H groups in total. The van der Waals surface area contributed by atoms with E-state index in [1.165, 1.54) is 38.5 Å². The lowest BCUT2D eigenvalue weighted by Crippen LogP contribution is -2.14. The zero-order chi connectivity index (χ0) is 13.2. The Morgan fingerprint density at radius 2 is 2.00 bits per heavy atom. The van der Waals surface area contributed by atoms with Crippen LogP contribution < -0.4 is 5.32 Å². The largest absolute Gasteiger partial charge is 0.383 e. The third-order valence-electron chi connectivity index (χ3n) is 3.15. The van der Waals surface area contributed by atoms with Crippen molar-refractivity contribution < 1.29 is 0 Å². The number of nitriles is 1. The highest BCUT2D eigenvalue weighted by Gasteiger charge is 2.02. The molecule has 0 spiro atoms. The van der Waals surface area contributed by atoms with E-state index in [1.807, 2.05) is 24.3 Å². The standard InChI is InChI=1S/C16H24N2/c1-3-4-5-6-7-9-14(2)18-16-11-8-10-15(12-16)13-17/h8,10-12,14,18H,3-7,9H2,1-2H3. The summed E-state index contributed by atoms with van der Waals surface area (Å²) in [5, 5.41) is 12.3. The fourth-order valence-corrected chi connectivity index (χ4v) is 2.09. The zero-order valence-electron chi connectivity index (χ0n) is 11.6. The summed E-state index contributed by atoms with van der Waals surface area (Å²) in [7, 11) is 0. The Bertz CT molecular complexity index is 379. The van der Waals surface area contributed by atoms with E-state index in [1.54, 1.807) is 0 Å². The lowest BCUT2D eigenvalue weighted by Gasteiger charge is -2.15. The summed E-state index contributed by atoms with van der Waals surface area (Å²) in [6, 6.07) is 10.3. The van der Waals surface area contributed by atoms with Gasteiger partial charge >= 0.3 is 0 Å². The Kier molecular flexibility index (Phi) is 6.94. The van der Waals surface area contributed by atoms with E-state index in [2.05, 4.69) is 25.2 Å². The highest BCUT2D eigenvalue weighted by molar-refractivity contribution is 5.49. The molecule has 1 unspecified atom stereocenters. The number of nitrogens with one attached hydrogen (secondary N) is 1. The van der Waals surface area contributed by atoms with E-state index in [9.17, 15) is 0 Å². The molecular weight excluding hydrogens is 220 g/mol. The minimum atomic E-state index is 0.473. The molecule has 2 nitrogen and oxygen atoms in total. The molecule has 1 aromatic rings. The monoisotopic (exact) mass is 244 g/mol. The lowest BCUT2D eigenvalue weighted by molar-refractivity contribution is 0.578. The van der Waals surface area contributed by atoms with Gasteiger partial charge in [-0.1, -0.05) is 45.1 Å². The lowest BCUT2D eigenvalue weighted by atomic mass is 10.1. The maximum absolute atomic E-state index is 8.84. The SMILES string of the molecule is CCCCCCCC(C)Nc1cccc(C#N)c1. The smallest absolute Gasteiger partial charge is 0.0992 e. The van der Waals surface area contributed by atoms with Crippen molar-refractivity contribution in [2.45, 2.75) is 58.4 Å². The summed E-state index contributed by atoms with van der Waals surface area (Å²) in [6.07, 6.45) is 7.82. The van der Waals surface area contributed by atoms with Crippen molar-refractivity contribution in [2.24, 2.45) is 0 Å². The predicted octanol–water partition coefficient (Wildman–Crippen LogP) is 4.72. The van der Waals surface area contributed by atoms with Crippen LogP contribution in [0.15, 0.2) is 24.3 Å². The van der Waals surface area contributed by atoms with Crippen molar-refractivity contribution in [3.8, 4) is 6.07 Å². The Morgan fingerprint density at radius 1 is 1.22 bits per heavy atom. The van der Waals surface area contributed by atoms with Crippen LogP contribution in [0.5, 0.6) is 0 Å². The van der Waals surface area contributed by atoms with Crippen LogP contribution in [0.3, 0.4) is 0 Å². The van der Waals surface area contributed by atoms with Crippen LogP contribution in [0.2, 0.25) is 0 Å². The summed E-state index contributed by atoms with van der Waals surface area (Å²) < 4.78 is 0. The van der Waals surface area contributed by atoms with Crippen LogP contribution >= 0.6 is 0 Å². The van der Waals surface area contributed by atoms with Crippen LogP contribution in [-0.4, -0.2) is 6.04 Å². The normalized spacial score (nSPS) is 11.8. The fraction of sp³-hybridized carbons (Fsp3) is 0.562. The minimum Gasteiger partial charge on any atom is -0.383 e. The highest BCUT2D eigenvalue weighted by Crippen LogP contribution is 2.14. The summed E-state index contributed by atoms with van der Waals surface area (Å²) in [6.45, 7) is 4.45. The molecule has 0 amide bonds. The maximum atomic E-state index is 8.84. The molecule has 2 heteroatoms. The van der Waals surface area contributed by atoms with Gasteiger partial charge in [0, 0.05) is 11.7 Å². The molecule has 0 aliphatic heterocycles. The summed E-state index contributed by atoms with van der Waals surface area (Å²) >= 11 is 0. The van der Waals surface area contributed by atoms with Gasteiger partial charge in [-0.25, -0.2) is 0 Å². The van der Waals surface area contributed by atoms with Gasteiger partial charge < -0.3 is 5.32 Å². The van der Waals surface area contributed by atoms with Gasteiger partial charge in [0.2, 0.25) is 0 Å². The molecule has 0 heterocycles. The minimum absolute atomic E-state index is 0.473. The van der Waals surface area contributed by atoms with Crippen molar-refractivity contribution in [1.29, 1.82) is 5.26 Å². The molecular formula is C16H24N2. The fourth-order valence-electron chi connectivity index (χ4n) is 2.09. The third kappa shape index (κ3) is 5.72. The first-order valence-corrected chi connectivity index (χ1v) is 7.03. The van der Waals surface area contributed by atoms with Crippen molar-refractivity contribution in [3.05, 3.63) is 29.8 Å². The van der Waals surface area contributed by atoms with Crippen molar-refractivity contribution in [3.63, 3.8) is 0 Å². The second kappa shape index (κ2) is 8.58. The number of rotatable bonds is 8. The topological polar surface area (TPSA) is 35.8 Å². The van der Waals surface area contributed by atoms with Gasteiger partial charge in [0.05, 0.1) is 11.6 Å². The van der Waals surface area contributed by atoms with Crippen LogP contribution in [0.4, 0.5) is 5.69 Å². The first-order valence-electron chi connectivity index (χ1n) is 7.03. The Balaban J connectivity index is 2.26. The quantitative estimate of drug-likeness (QED) is 0.672.